The number of fused-ring (bicyclic) bond motifs is 1. The largest absolute Gasteiger partial charge is 0.379 e. The van der Waals surface area contributed by atoms with Gasteiger partial charge in [0.1, 0.15) is 5.69 Å². The molecule has 2 saturated heterocycles. The lowest BCUT2D eigenvalue weighted by molar-refractivity contribution is -0.122. The number of morpholine rings is 1. The normalized spacial score (nSPS) is 18.6. The Bertz CT molecular complexity index is 818. The van der Waals surface area contributed by atoms with E-state index in [0.29, 0.717) is 31.1 Å². The maximum absolute atomic E-state index is 12.8. The van der Waals surface area contributed by atoms with Crippen LogP contribution in [0.2, 0.25) is 0 Å². The second-order valence-electron chi connectivity index (χ2n) is 8.37. The SMILES string of the molecule is O=C(CC1CCN(C(=O)c2cc3ccccc3[nH]2)CC1)NCCCN1CCOCC1. The Morgan fingerprint density at radius 3 is 2.63 bits per heavy atom. The van der Waals surface area contributed by atoms with Gasteiger partial charge in [0, 0.05) is 50.0 Å². The zero-order valence-electron chi connectivity index (χ0n) is 17.6. The summed E-state index contributed by atoms with van der Waals surface area (Å²) >= 11 is 0. The van der Waals surface area contributed by atoms with E-state index in [1.165, 1.54) is 0 Å². The van der Waals surface area contributed by atoms with Gasteiger partial charge in [0.25, 0.3) is 5.91 Å². The van der Waals surface area contributed by atoms with Crippen molar-refractivity contribution in [3.05, 3.63) is 36.0 Å². The highest BCUT2D eigenvalue weighted by molar-refractivity contribution is 5.98. The third-order valence-electron chi connectivity index (χ3n) is 6.21. The van der Waals surface area contributed by atoms with Gasteiger partial charge in [0.15, 0.2) is 0 Å². The number of aromatic amines is 1. The van der Waals surface area contributed by atoms with Crippen molar-refractivity contribution in [1.29, 1.82) is 0 Å². The number of piperidine rings is 1. The highest BCUT2D eigenvalue weighted by Gasteiger charge is 2.26. The van der Waals surface area contributed by atoms with E-state index < -0.39 is 0 Å². The second-order valence-corrected chi connectivity index (χ2v) is 8.37. The molecule has 162 valence electrons. The molecule has 3 heterocycles. The van der Waals surface area contributed by atoms with Gasteiger partial charge in [-0.2, -0.15) is 0 Å². The third-order valence-corrected chi connectivity index (χ3v) is 6.21. The fraction of sp³-hybridized carbons (Fsp3) is 0.565. The number of carbonyl (C=O) groups excluding carboxylic acids is 2. The Morgan fingerprint density at radius 1 is 1.10 bits per heavy atom. The summed E-state index contributed by atoms with van der Waals surface area (Å²) in [6.07, 6.45) is 3.30. The number of benzene rings is 1. The van der Waals surface area contributed by atoms with Gasteiger partial charge < -0.3 is 19.9 Å². The number of carbonyl (C=O) groups is 2. The van der Waals surface area contributed by atoms with Gasteiger partial charge in [0.2, 0.25) is 5.91 Å². The van der Waals surface area contributed by atoms with Crippen molar-refractivity contribution in [3.63, 3.8) is 0 Å². The summed E-state index contributed by atoms with van der Waals surface area (Å²) in [4.78, 5) is 32.6. The minimum atomic E-state index is 0.0530. The molecule has 0 spiro atoms. The average Bonchev–Trinajstić information content (AvgIpc) is 3.22. The molecule has 2 aliphatic heterocycles. The molecule has 2 N–H and O–H groups in total. The van der Waals surface area contributed by atoms with Crippen LogP contribution in [0.5, 0.6) is 0 Å². The molecular weight excluding hydrogens is 380 g/mol. The lowest BCUT2D eigenvalue weighted by atomic mass is 9.93. The van der Waals surface area contributed by atoms with E-state index in [1.54, 1.807) is 0 Å². The number of hydrogen-bond acceptors (Lipinski definition) is 4. The minimum absolute atomic E-state index is 0.0530. The second kappa shape index (κ2) is 10.1. The molecule has 4 rings (SSSR count). The summed E-state index contributed by atoms with van der Waals surface area (Å²) in [5, 5.41) is 4.12. The summed E-state index contributed by atoms with van der Waals surface area (Å²) in [5.74, 6) is 0.547. The summed E-state index contributed by atoms with van der Waals surface area (Å²) in [7, 11) is 0. The van der Waals surface area contributed by atoms with E-state index in [4.69, 9.17) is 4.74 Å². The zero-order valence-corrected chi connectivity index (χ0v) is 17.6. The van der Waals surface area contributed by atoms with Crippen LogP contribution >= 0.6 is 0 Å². The molecule has 2 aliphatic rings. The molecule has 0 unspecified atom stereocenters. The predicted octanol–water partition coefficient (Wildman–Crippen LogP) is 2.25. The number of likely N-dealkylation sites (tertiary alicyclic amines) is 1. The van der Waals surface area contributed by atoms with Crippen LogP contribution in [0.15, 0.2) is 30.3 Å². The topological polar surface area (TPSA) is 77.7 Å². The monoisotopic (exact) mass is 412 g/mol. The lowest BCUT2D eigenvalue weighted by Gasteiger charge is -2.31. The van der Waals surface area contributed by atoms with Gasteiger partial charge in [0.05, 0.1) is 13.2 Å². The summed E-state index contributed by atoms with van der Waals surface area (Å²) in [6, 6.07) is 9.86. The molecule has 0 bridgehead atoms. The first-order chi connectivity index (χ1) is 14.7. The number of hydrogen-bond donors (Lipinski definition) is 2. The Balaban J connectivity index is 1.15. The summed E-state index contributed by atoms with van der Waals surface area (Å²) in [5.41, 5.74) is 1.63. The molecule has 1 aromatic heterocycles. The van der Waals surface area contributed by atoms with E-state index in [9.17, 15) is 9.59 Å². The summed E-state index contributed by atoms with van der Waals surface area (Å²) in [6.45, 7) is 6.77. The van der Waals surface area contributed by atoms with E-state index in [-0.39, 0.29) is 11.8 Å². The van der Waals surface area contributed by atoms with Crippen LogP contribution < -0.4 is 5.32 Å². The number of nitrogens with zero attached hydrogens (tertiary/aromatic N) is 2. The maximum Gasteiger partial charge on any atom is 0.270 e. The maximum atomic E-state index is 12.8. The summed E-state index contributed by atoms with van der Waals surface area (Å²) < 4.78 is 5.35. The van der Waals surface area contributed by atoms with Crippen molar-refractivity contribution >= 4 is 22.7 Å². The van der Waals surface area contributed by atoms with Crippen LogP contribution in [0.25, 0.3) is 10.9 Å². The number of H-pyrrole nitrogens is 1. The molecule has 30 heavy (non-hydrogen) atoms. The van der Waals surface area contributed by atoms with Crippen molar-refractivity contribution in [1.82, 2.24) is 20.1 Å². The molecule has 0 radical (unpaired) electrons. The smallest absolute Gasteiger partial charge is 0.270 e. The van der Waals surface area contributed by atoms with Crippen LogP contribution in [0.4, 0.5) is 0 Å². The lowest BCUT2D eigenvalue weighted by Crippen LogP contribution is -2.40. The highest BCUT2D eigenvalue weighted by atomic mass is 16.5. The zero-order chi connectivity index (χ0) is 20.8. The molecule has 1 aromatic carbocycles. The fourth-order valence-electron chi connectivity index (χ4n) is 4.39. The van der Waals surface area contributed by atoms with Crippen molar-refractivity contribution in [2.75, 3.05) is 52.5 Å². The molecular formula is C23H32N4O3. The van der Waals surface area contributed by atoms with Gasteiger partial charge >= 0.3 is 0 Å². The number of nitrogens with one attached hydrogen (secondary N) is 2. The Morgan fingerprint density at radius 2 is 1.87 bits per heavy atom. The Kier molecular flexibility index (Phi) is 7.02. The van der Waals surface area contributed by atoms with Crippen LogP contribution in [0, 0.1) is 5.92 Å². The van der Waals surface area contributed by atoms with Gasteiger partial charge in [-0.05, 0) is 43.9 Å². The minimum Gasteiger partial charge on any atom is -0.379 e. The van der Waals surface area contributed by atoms with Crippen LogP contribution in [-0.2, 0) is 9.53 Å². The fourth-order valence-corrected chi connectivity index (χ4v) is 4.39. The molecule has 2 aromatic rings. The first kappa shape index (κ1) is 20.9. The molecule has 7 heteroatoms. The van der Waals surface area contributed by atoms with E-state index in [0.717, 1.165) is 69.6 Å². The molecule has 0 saturated carbocycles. The molecule has 7 nitrogen and oxygen atoms in total. The number of aromatic nitrogens is 1. The number of para-hydroxylation sites is 1. The molecule has 0 atom stereocenters. The van der Waals surface area contributed by atoms with Crippen molar-refractivity contribution < 1.29 is 14.3 Å². The quantitative estimate of drug-likeness (QED) is 0.684. The molecule has 2 amide bonds. The van der Waals surface area contributed by atoms with E-state index in [2.05, 4.69) is 15.2 Å². The van der Waals surface area contributed by atoms with Crippen molar-refractivity contribution in [3.8, 4) is 0 Å². The Labute approximate surface area is 177 Å². The van der Waals surface area contributed by atoms with Crippen molar-refractivity contribution in [2.24, 2.45) is 5.92 Å². The number of ether oxygens (including phenoxy) is 1. The van der Waals surface area contributed by atoms with Crippen LogP contribution in [-0.4, -0.2) is 79.1 Å². The van der Waals surface area contributed by atoms with E-state index >= 15 is 0 Å². The van der Waals surface area contributed by atoms with Gasteiger partial charge in [-0.25, -0.2) is 0 Å². The van der Waals surface area contributed by atoms with Gasteiger partial charge in [-0.3, -0.25) is 14.5 Å². The Hall–Kier alpha value is -2.38. The first-order valence-corrected chi connectivity index (χ1v) is 11.1. The average molecular weight is 413 g/mol. The van der Waals surface area contributed by atoms with Crippen LogP contribution in [0.3, 0.4) is 0 Å². The first-order valence-electron chi connectivity index (χ1n) is 11.1. The van der Waals surface area contributed by atoms with Gasteiger partial charge in [-0.15, -0.1) is 0 Å². The third kappa shape index (κ3) is 5.40. The van der Waals surface area contributed by atoms with Crippen molar-refractivity contribution in [2.45, 2.75) is 25.7 Å². The van der Waals surface area contributed by atoms with E-state index in [1.807, 2.05) is 35.2 Å². The molecule has 2 fully saturated rings. The molecule has 0 aliphatic carbocycles. The predicted molar refractivity (Wildman–Crippen MR) is 116 cm³/mol. The standard InChI is InChI=1S/C23H32N4O3/c28-22(24-8-3-9-26-12-14-30-15-13-26)16-18-6-10-27(11-7-18)23(29)21-17-19-4-1-2-5-20(19)25-21/h1-2,4-5,17-18,25H,3,6-16H2,(H,24,28). The number of amides is 2. The number of rotatable bonds is 7. The highest BCUT2D eigenvalue weighted by Crippen LogP contribution is 2.23. The van der Waals surface area contributed by atoms with Crippen LogP contribution in [0.1, 0.15) is 36.2 Å². The van der Waals surface area contributed by atoms with Gasteiger partial charge in [-0.1, -0.05) is 18.2 Å².